The maximum atomic E-state index is 14.5. The number of hydrogen-bond donors (Lipinski definition) is 0. The third-order valence-corrected chi connectivity index (χ3v) is 9.61. The second-order valence-corrected chi connectivity index (χ2v) is 13.7. The van der Waals surface area contributed by atoms with Crippen LogP contribution in [0.4, 0.5) is 23.2 Å². The molecule has 1 heterocycles. The van der Waals surface area contributed by atoms with E-state index in [-0.39, 0.29) is 29.3 Å². The van der Waals surface area contributed by atoms with Crippen molar-refractivity contribution in [1.82, 2.24) is 0 Å². The summed E-state index contributed by atoms with van der Waals surface area (Å²) >= 11 is 6.20. The van der Waals surface area contributed by atoms with Crippen LogP contribution in [-0.2, 0) is 36.9 Å². The van der Waals surface area contributed by atoms with Crippen molar-refractivity contribution in [2.24, 2.45) is 5.92 Å². The molecule has 0 spiro atoms. The monoisotopic (exact) mass is 631 g/mol. The molecule has 0 bridgehead atoms. The Morgan fingerprint density at radius 1 is 1.07 bits per heavy atom. The summed E-state index contributed by atoms with van der Waals surface area (Å²) in [5.74, 6) is -1.18. The Bertz CT molecular complexity index is 1700. The molecular formula is C28H26ClF4NO5S2. The minimum atomic E-state index is -4.77. The summed E-state index contributed by atoms with van der Waals surface area (Å²) < 4.78 is 112. The molecule has 0 saturated heterocycles. The van der Waals surface area contributed by atoms with Crippen LogP contribution >= 0.6 is 11.6 Å². The summed E-state index contributed by atoms with van der Waals surface area (Å²) in [5, 5.41) is 0.188. The van der Waals surface area contributed by atoms with Crippen molar-refractivity contribution in [3.63, 3.8) is 0 Å². The van der Waals surface area contributed by atoms with Crippen LogP contribution in [0.2, 0.25) is 5.02 Å². The molecule has 0 saturated carbocycles. The lowest BCUT2D eigenvalue weighted by molar-refractivity contribution is -0.137. The van der Waals surface area contributed by atoms with E-state index >= 15 is 0 Å². The van der Waals surface area contributed by atoms with Crippen molar-refractivity contribution < 1.29 is 38.6 Å². The summed E-state index contributed by atoms with van der Waals surface area (Å²) in [5.41, 5.74) is 0.707. The van der Waals surface area contributed by atoms with E-state index in [0.29, 0.717) is 22.8 Å². The zero-order valence-electron chi connectivity index (χ0n) is 22.1. The van der Waals surface area contributed by atoms with E-state index in [2.05, 4.69) is 0 Å². The second kappa shape index (κ2) is 11.4. The van der Waals surface area contributed by atoms with Gasteiger partial charge in [0, 0.05) is 17.5 Å². The first-order valence-corrected chi connectivity index (χ1v) is 15.9. The number of hydrogen-bond acceptors (Lipinski definition) is 5. The summed E-state index contributed by atoms with van der Waals surface area (Å²) in [6, 6.07) is 11.6. The van der Waals surface area contributed by atoms with Crippen LogP contribution < -0.4 is 4.31 Å². The molecule has 2 atom stereocenters. The Hall–Kier alpha value is -2.93. The summed E-state index contributed by atoms with van der Waals surface area (Å²) in [7, 11) is -8.43. The van der Waals surface area contributed by atoms with Crippen molar-refractivity contribution in [3.05, 3.63) is 93.8 Å². The first-order chi connectivity index (χ1) is 19.0. The quantitative estimate of drug-likeness (QED) is 0.163. The molecule has 0 amide bonds. The third kappa shape index (κ3) is 6.77. The Morgan fingerprint density at radius 2 is 1.76 bits per heavy atom. The number of allylic oxidation sites excluding steroid dienone is 1. The molecule has 0 aromatic heterocycles. The van der Waals surface area contributed by atoms with Crippen LogP contribution in [-0.4, -0.2) is 35.7 Å². The number of nitrogens with zero attached hydrogens (tertiary/aromatic N) is 1. The minimum Gasteiger partial charge on any atom is -0.270 e. The predicted molar refractivity (Wildman–Crippen MR) is 150 cm³/mol. The second-order valence-electron chi connectivity index (χ2n) is 9.83. The van der Waals surface area contributed by atoms with Crippen molar-refractivity contribution in [2.75, 3.05) is 17.2 Å². The highest BCUT2D eigenvalue weighted by Gasteiger charge is 2.40. The van der Waals surface area contributed by atoms with E-state index in [1.54, 1.807) is 31.2 Å². The molecular weight excluding hydrogens is 606 g/mol. The van der Waals surface area contributed by atoms with Crippen molar-refractivity contribution in [3.8, 4) is 0 Å². The van der Waals surface area contributed by atoms with E-state index in [9.17, 15) is 34.4 Å². The molecule has 0 N–H and O–H groups in total. The smallest absolute Gasteiger partial charge is 0.270 e. The van der Waals surface area contributed by atoms with E-state index in [0.717, 1.165) is 28.8 Å². The molecule has 1 aliphatic heterocycles. The highest BCUT2D eigenvalue weighted by molar-refractivity contribution is 7.92. The van der Waals surface area contributed by atoms with Gasteiger partial charge in [0.05, 0.1) is 34.0 Å². The van der Waals surface area contributed by atoms with Crippen molar-refractivity contribution in [1.29, 1.82) is 0 Å². The van der Waals surface area contributed by atoms with Gasteiger partial charge in [-0.15, -0.1) is 0 Å². The van der Waals surface area contributed by atoms with Gasteiger partial charge in [-0.25, -0.2) is 12.8 Å². The van der Waals surface area contributed by atoms with Gasteiger partial charge in [-0.1, -0.05) is 41.9 Å². The number of halogens is 5. The highest BCUT2D eigenvalue weighted by Crippen LogP contribution is 2.40. The standard InChI is InChI=1S/C28H26ClF4NO5S2/c1-17(27-24(29)8-5-9-25(27)30)12-19-10-11-20-14-21(16-39-40(3,35)36)18(2)34(26(20)13-19)41(37,38)23-7-4-6-22(15-23)28(31,32)33/h4-13,15,18,21H,14,16H2,1-3H3/t18-,21+/m1/s1. The lowest BCUT2D eigenvalue weighted by atomic mass is 9.88. The van der Waals surface area contributed by atoms with Gasteiger partial charge in [-0.05, 0) is 73.4 Å². The van der Waals surface area contributed by atoms with Crippen LogP contribution in [0.3, 0.4) is 0 Å². The van der Waals surface area contributed by atoms with Gasteiger partial charge >= 0.3 is 6.18 Å². The molecule has 0 aliphatic carbocycles. The Balaban J connectivity index is 1.85. The Labute approximate surface area is 241 Å². The van der Waals surface area contributed by atoms with Crippen LogP contribution in [0.5, 0.6) is 0 Å². The number of rotatable bonds is 7. The average molecular weight is 632 g/mol. The SMILES string of the molecule is CC(=Cc1ccc2c(c1)N(S(=O)(=O)c1cccc(C(F)(F)F)c1)[C@H](C)[C@H](COS(C)(=O)=O)C2)c1c(F)cccc1Cl. The fourth-order valence-electron chi connectivity index (χ4n) is 4.81. The molecule has 0 fully saturated rings. The number of benzene rings is 3. The number of fused-ring (bicyclic) bond motifs is 1. The molecule has 1 aliphatic rings. The normalized spacial score (nSPS) is 18.3. The zero-order valence-corrected chi connectivity index (χ0v) is 24.5. The predicted octanol–water partition coefficient (Wildman–Crippen LogP) is 6.79. The van der Waals surface area contributed by atoms with Crippen molar-refractivity contribution in [2.45, 2.75) is 37.4 Å². The van der Waals surface area contributed by atoms with Gasteiger partial charge in [-0.2, -0.15) is 21.6 Å². The molecule has 3 aromatic carbocycles. The first kappa shape index (κ1) is 31.0. The van der Waals surface area contributed by atoms with Crippen molar-refractivity contribution >= 4 is 49.1 Å². The highest BCUT2D eigenvalue weighted by atomic mass is 35.5. The molecule has 220 valence electrons. The molecule has 4 rings (SSSR count). The van der Waals surface area contributed by atoms with Gasteiger partial charge in [0.2, 0.25) is 0 Å². The molecule has 13 heteroatoms. The molecule has 6 nitrogen and oxygen atoms in total. The van der Waals surface area contributed by atoms with Crippen LogP contribution in [0.25, 0.3) is 11.6 Å². The van der Waals surface area contributed by atoms with Gasteiger partial charge < -0.3 is 0 Å². The maximum absolute atomic E-state index is 14.5. The maximum Gasteiger partial charge on any atom is 0.416 e. The fourth-order valence-corrected chi connectivity index (χ4v) is 7.34. The largest absolute Gasteiger partial charge is 0.416 e. The van der Waals surface area contributed by atoms with Crippen LogP contribution in [0.15, 0.2) is 65.6 Å². The molecule has 41 heavy (non-hydrogen) atoms. The van der Waals surface area contributed by atoms with Gasteiger partial charge in [0.1, 0.15) is 5.82 Å². The summed E-state index contributed by atoms with van der Waals surface area (Å²) in [4.78, 5) is -0.579. The molecule has 0 radical (unpaired) electrons. The number of alkyl halides is 3. The lowest BCUT2D eigenvalue weighted by Crippen LogP contribution is -2.48. The fraction of sp³-hybridized carbons (Fsp3) is 0.286. The van der Waals surface area contributed by atoms with Gasteiger partial charge in [0.25, 0.3) is 20.1 Å². The molecule has 0 unspecified atom stereocenters. The van der Waals surface area contributed by atoms with Crippen LogP contribution in [0, 0.1) is 11.7 Å². The zero-order chi connectivity index (χ0) is 30.3. The minimum absolute atomic E-state index is 0.173. The van der Waals surface area contributed by atoms with E-state index in [4.69, 9.17) is 15.8 Å². The van der Waals surface area contributed by atoms with E-state index in [1.807, 2.05) is 0 Å². The third-order valence-electron chi connectivity index (χ3n) is 6.84. The molecule has 3 aromatic rings. The number of sulfonamides is 1. The van der Waals surface area contributed by atoms with Gasteiger partial charge in [-0.3, -0.25) is 8.49 Å². The average Bonchev–Trinajstić information content (AvgIpc) is 2.86. The van der Waals surface area contributed by atoms with E-state index < -0.39 is 54.6 Å². The number of anilines is 1. The summed E-state index contributed by atoms with van der Waals surface area (Å²) in [6.07, 6.45) is -2.05. The van der Waals surface area contributed by atoms with Crippen LogP contribution in [0.1, 0.15) is 36.1 Å². The van der Waals surface area contributed by atoms with Gasteiger partial charge in [0.15, 0.2) is 0 Å². The topological polar surface area (TPSA) is 80.8 Å². The Morgan fingerprint density at radius 3 is 2.39 bits per heavy atom. The summed E-state index contributed by atoms with van der Waals surface area (Å²) in [6.45, 7) is 2.85. The van der Waals surface area contributed by atoms with E-state index in [1.165, 1.54) is 25.1 Å². The first-order valence-electron chi connectivity index (χ1n) is 12.3. The lowest BCUT2D eigenvalue weighted by Gasteiger charge is -2.41. The Kier molecular flexibility index (Phi) is 8.62.